The highest BCUT2D eigenvalue weighted by Gasteiger charge is 2.10. The molecule has 138 valence electrons. The number of hydrogen-bond acceptors (Lipinski definition) is 4. The molecular formula is C22H23N3O2. The van der Waals surface area contributed by atoms with Gasteiger partial charge in [-0.1, -0.05) is 30.3 Å². The number of para-hydroxylation sites is 1. The van der Waals surface area contributed by atoms with Crippen LogP contribution in [0.25, 0.3) is 0 Å². The van der Waals surface area contributed by atoms with Crippen molar-refractivity contribution in [2.75, 3.05) is 17.7 Å². The van der Waals surface area contributed by atoms with Crippen molar-refractivity contribution < 1.29 is 9.53 Å². The second kappa shape index (κ2) is 8.36. The number of methoxy groups -OCH3 is 1. The number of hydrogen-bond donors (Lipinski definition) is 2. The molecule has 0 aliphatic heterocycles. The predicted octanol–water partition coefficient (Wildman–Crippen LogP) is 4.57. The van der Waals surface area contributed by atoms with E-state index >= 15 is 0 Å². The normalized spacial score (nSPS) is 10.3. The van der Waals surface area contributed by atoms with Crippen molar-refractivity contribution in [1.82, 2.24) is 4.98 Å². The molecule has 0 bridgehead atoms. The third-order valence-electron chi connectivity index (χ3n) is 4.32. The van der Waals surface area contributed by atoms with Crippen molar-refractivity contribution in [2.24, 2.45) is 0 Å². The first-order chi connectivity index (χ1) is 13.1. The van der Waals surface area contributed by atoms with Gasteiger partial charge in [0.15, 0.2) is 0 Å². The summed E-state index contributed by atoms with van der Waals surface area (Å²) in [7, 11) is 1.65. The Morgan fingerprint density at radius 3 is 2.70 bits per heavy atom. The highest BCUT2D eigenvalue weighted by atomic mass is 16.5. The van der Waals surface area contributed by atoms with Crippen LogP contribution in [0, 0.1) is 13.8 Å². The number of aromatic nitrogens is 1. The van der Waals surface area contributed by atoms with E-state index in [0.29, 0.717) is 17.9 Å². The monoisotopic (exact) mass is 361 g/mol. The number of rotatable bonds is 6. The van der Waals surface area contributed by atoms with Crippen LogP contribution in [0.2, 0.25) is 0 Å². The van der Waals surface area contributed by atoms with Gasteiger partial charge in [0, 0.05) is 29.6 Å². The van der Waals surface area contributed by atoms with Crippen LogP contribution in [0.15, 0.2) is 60.8 Å². The Bertz CT molecular complexity index is 954. The molecule has 0 saturated heterocycles. The molecule has 5 heteroatoms. The van der Waals surface area contributed by atoms with Crippen LogP contribution in [0.4, 0.5) is 11.5 Å². The summed E-state index contributed by atoms with van der Waals surface area (Å²) in [5.41, 5.74) is 4.52. The summed E-state index contributed by atoms with van der Waals surface area (Å²) in [6.07, 6.45) is 1.63. The summed E-state index contributed by atoms with van der Waals surface area (Å²) in [5.74, 6) is 1.29. The molecule has 3 rings (SSSR count). The molecule has 5 nitrogen and oxygen atoms in total. The van der Waals surface area contributed by atoms with E-state index in [1.54, 1.807) is 25.4 Å². The summed E-state index contributed by atoms with van der Waals surface area (Å²) in [6, 6.07) is 17.2. The molecule has 2 aromatic carbocycles. The molecular weight excluding hydrogens is 338 g/mol. The summed E-state index contributed by atoms with van der Waals surface area (Å²) in [4.78, 5) is 16.9. The molecule has 3 aromatic rings. The largest absolute Gasteiger partial charge is 0.496 e. The lowest BCUT2D eigenvalue weighted by atomic mass is 10.1. The summed E-state index contributed by atoms with van der Waals surface area (Å²) in [5, 5.41) is 6.22. The van der Waals surface area contributed by atoms with E-state index in [-0.39, 0.29) is 5.91 Å². The smallest absolute Gasteiger partial charge is 0.255 e. The van der Waals surface area contributed by atoms with Gasteiger partial charge in [0.2, 0.25) is 0 Å². The maximum absolute atomic E-state index is 12.6. The van der Waals surface area contributed by atoms with Crippen LogP contribution in [0.3, 0.4) is 0 Å². The SMILES string of the molecule is COc1ccccc1CNc1cc(C(=O)Nc2cc(C)ccc2C)ccn1. The third kappa shape index (κ3) is 4.64. The van der Waals surface area contributed by atoms with Crippen molar-refractivity contribution in [1.29, 1.82) is 0 Å². The second-order valence-corrected chi connectivity index (χ2v) is 6.37. The standard InChI is InChI=1S/C22H23N3O2/c1-15-8-9-16(2)19(12-15)25-22(26)17-10-11-23-21(13-17)24-14-18-6-4-5-7-20(18)27-3/h4-13H,14H2,1-3H3,(H,23,24)(H,25,26). The molecule has 0 atom stereocenters. The van der Waals surface area contributed by atoms with Gasteiger partial charge in [-0.15, -0.1) is 0 Å². The number of ether oxygens (including phenoxy) is 1. The van der Waals surface area contributed by atoms with Crippen LogP contribution in [0.5, 0.6) is 5.75 Å². The second-order valence-electron chi connectivity index (χ2n) is 6.37. The zero-order valence-corrected chi connectivity index (χ0v) is 15.7. The Hall–Kier alpha value is -3.34. The Kier molecular flexibility index (Phi) is 5.71. The lowest BCUT2D eigenvalue weighted by molar-refractivity contribution is 0.102. The molecule has 0 unspecified atom stereocenters. The Morgan fingerprint density at radius 2 is 1.89 bits per heavy atom. The number of nitrogens with one attached hydrogen (secondary N) is 2. The van der Waals surface area contributed by atoms with Gasteiger partial charge in [-0.3, -0.25) is 4.79 Å². The number of aryl methyl sites for hydroxylation is 2. The van der Waals surface area contributed by atoms with Crippen LogP contribution < -0.4 is 15.4 Å². The third-order valence-corrected chi connectivity index (χ3v) is 4.32. The lowest BCUT2D eigenvalue weighted by Crippen LogP contribution is -2.13. The molecule has 1 heterocycles. The number of carbonyl (C=O) groups excluding carboxylic acids is 1. The first-order valence-corrected chi connectivity index (χ1v) is 8.77. The maximum Gasteiger partial charge on any atom is 0.255 e. The number of amides is 1. The van der Waals surface area contributed by atoms with Crippen LogP contribution in [0.1, 0.15) is 27.0 Å². The van der Waals surface area contributed by atoms with Gasteiger partial charge in [0.25, 0.3) is 5.91 Å². The maximum atomic E-state index is 12.6. The average Bonchev–Trinajstić information content (AvgIpc) is 2.69. The molecule has 2 N–H and O–H groups in total. The summed E-state index contributed by atoms with van der Waals surface area (Å²) >= 11 is 0. The molecule has 0 aliphatic carbocycles. The van der Waals surface area contributed by atoms with Gasteiger partial charge in [0.1, 0.15) is 11.6 Å². The van der Waals surface area contributed by atoms with Crippen molar-refractivity contribution in [3.63, 3.8) is 0 Å². The number of benzene rings is 2. The average molecular weight is 361 g/mol. The van der Waals surface area contributed by atoms with Crippen molar-refractivity contribution in [3.8, 4) is 5.75 Å². The highest BCUT2D eigenvalue weighted by molar-refractivity contribution is 6.05. The minimum absolute atomic E-state index is 0.161. The lowest BCUT2D eigenvalue weighted by Gasteiger charge is -2.12. The summed E-state index contributed by atoms with van der Waals surface area (Å²) < 4.78 is 5.36. The first-order valence-electron chi connectivity index (χ1n) is 8.77. The molecule has 1 amide bonds. The fourth-order valence-corrected chi connectivity index (χ4v) is 2.77. The molecule has 0 fully saturated rings. The fraction of sp³-hybridized carbons (Fsp3) is 0.182. The Balaban J connectivity index is 1.71. The van der Waals surface area contributed by atoms with E-state index in [2.05, 4.69) is 15.6 Å². The van der Waals surface area contributed by atoms with Gasteiger partial charge in [-0.05, 0) is 49.2 Å². The molecule has 0 aliphatic rings. The molecule has 1 aromatic heterocycles. The highest BCUT2D eigenvalue weighted by Crippen LogP contribution is 2.20. The quantitative estimate of drug-likeness (QED) is 0.675. The van der Waals surface area contributed by atoms with E-state index in [1.165, 1.54) is 0 Å². The summed E-state index contributed by atoms with van der Waals surface area (Å²) in [6.45, 7) is 4.53. The number of pyridine rings is 1. The Morgan fingerprint density at radius 1 is 1.07 bits per heavy atom. The molecule has 0 saturated carbocycles. The van der Waals surface area contributed by atoms with E-state index < -0.39 is 0 Å². The first kappa shape index (κ1) is 18.5. The zero-order chi connectivity index (χ0) is 19.2. The fourth-order valence-electron chi connectivity index (χ4n) is 2.77. The molecule has 27 heavy (non-hydrogen) atoms. The van der Waals surface area contributed by atoms with Crippen LogP contribution in [-0.2, 0) is 6.54 Å². The van der Waals surface area contributed by atoms with Gasteiger partial charge in [-0.25, -0.2) is 4.98 Å². The number of carbonyl (C=O) groups is 1. The van der Waals surface area contributed by atoms with Gasteiger partial charge >= 0.3 is 0 Å². The van der Waals surface area contributed by atoms with Gasteiger partial charge in [0.05, 0.1) is 7.11 Å². The van der Waals surface area contributed by atoms with Crippen molar-refractivity contribution in [3.05, 3.63) is 83.0 Å². The Labute approximate surface area is 159 Å². The molecule has 0 radical (unpaired) electrons. The van der Waals surface area contributed by atoms with Crippen molar-refractivity contribution in [2.45, 2.75) is 20.4 Å². The topological polar surface area (TPSA) is 63.2 Å². The van der Waals surface area contributed by atoms with Crippen LogP contribution >= 0.6 is 0 Å². The zero-order valence-electron chi connectivity index (χ0n) is 15.7. The van der Waals surface area contributed by atoms with E-state index in [1.807, 2.05) is 56.3 Å². The van der Waals surface area contributed by atoms with Gasteiger partial charge in [-0.2, -0.15) is 0 Å². The predicted molar refractivity (Wildman–Crippen MR) is 108 cm³/mol. The number of anilines is 2. The number of nitrogens with zero attached hydrogens (tertiary/aromatic N) is 1. The minimum atomic E-state index is -0.161. The minimum Gasteiger partial charge on any atom is -0.496 e. The van der Waals surface area contributed by atoms with Crippen LogP contribution in [-0.4, -0.2) is 18.0 Å². The van der Waals surface area contributed by atoms with E-state index in [4.69, 9.17) is 4.74 Å². The molecule has 0 spiro atoms. The van der Waals surface area contributed by atoms with E-state index in [0.717, 1.165) is 28.1 Å². The van der Waals surface area contributed by atoms with Crippen molar-refractivity contribution >= 4 is 17.4 Å². The van der Waals surface area contributed by atoms with Gasteiger partial charge < -0.3 is 15.4 Å². The van der Waals surface area contributed by atoms with E-state index in [9.17, 15) is 4.79 Å².